The van der Waals surface area contributed by atoms with Gasteiger partial charge in [-0.25, -0.2) is 0 Å². The fourth-order valence-electron chi connectivity index (χ4n) is 2.08. The minimum absolute atomic E-state index is 0.0191. The fraction of sp³-hybridized carbons (Fsp3) is 0.533. The third-order valence-electron chi connectivity index (χ3n) is 3.25. The molecule has 0 saturated carbocycles. The van der Waals surface area contributed by atoms with E-state index in [1.165, 1.54) is 0 Å². The fourth-order valence-corrected chi connectivity index (χ4v) is 2.08. The van der Waals surface area contributed by atoms with Crippen LogP contribution in [0, 0.1) is 5.92 Å². The summed E-state index contributed by atoms with van der Waals surface area (Å²) in [6.45, 7) is 6.38. The first-order chi connectivity index (χ1) is 8.43. The summed E-state index contributed by atoms with van der Waals surface area (Å²) in [5.41, 5.74) is 6.88. The maximum absolute atomic E-state index is 12.3. The van der Waals surface area contributed by atoms with Crippen LogP contribution in [0.15, 0.2) is 30.3 Å². The van der Waals surface area contributed by atoms with Gasteiger partial charge in [0, 0.05) is 13.1 Å². The van der Waals surface area contributed by atoms with Crippen molar-refractivity contribution in [2.75, 3.05) is 7.05 Å². The molecule has 1 amide bonds. The van der Waals surface area contributed by atoms with Gasteiger partial charge in [-0.3, -0.25) is 4.79 Å². The van der Waals surface area contributed by atoms with Gasteiger partial charge in [0.2, 0.25) is 5.91 Å². The Kier molecular flexibility index (Phi) is 5.35. The summed E-state index contributed by atoms with van der Waals surface area (Å²) < 4.78 is 0. The van der Waals surface area contributed by atoms with Crippen LogP contribution in [0.3, 0.4) is 0 Å². The minimum atomic E-state index is -0.564. The third kappa shape index (κ3) is 3.84. The van der Waals surface area contributed by atoms with Gasteiger partial charge in [-0.15, -0.1) is 0 Å². The highest BCUT2D eigenvalue weighted by Gasteiger charge is 2.23. The van der Waals surface area contributed by atoms with E-state index >= 15 is 0 Å². The molecular weight excluding hydrogens is 224 g/mol. The molecule has 18 heavy (non-hydrogen) atoms. The number of carbonyl (C=O) groups is 1. The molecule has 1 aromatic carbocycles. The first kappa shape index (κ1) is 14.7. The number of likely N-dealkylation sites (N-methyl/N-ethyl adjacent to an activating group) is 1. The van der Waals surface area contributed by atoms with Crippen molar-refractivity contribution in [3.63, 3.8) is 0 Å². The molecule has 0 heterocycles. The SMILES string of the molecule is CC(C)CC(C)N(C)C(=O)C(N)c1ccccc1. The van der Waals surface area contributed by atoms with E-state index in [0.717, 1.165) is 12.0 Å². The molecule has 0 aliphatic heterocycles. The second-order valence-corrected chi connectivity index (χ2v) is 5.32. The highest BCUT2D eigenvalue weighted by atomic mass is 16.2. The molecule has 2 atom stereocenters. The normalized spacial score (nSPS) is 14.3. The summed E-state index contributed by atoms with van der Waals surface area (Å²) in [6.07, 6.45) is 0.990. The molecule has 3 nitrogen and oxygen atoms in total. The van der Waals surface area contributed by atoms with Crippen LogP contribution in [0.1, 0.15) is 38.8 Å². The van der Waals surface area contributed by atoms with E-state index in [2.05, 4.69) is 20.8 Å². The Labute approximate surface area is 110 Å². The Morgan fingerprint density at radius 1 is 1.22 bits per heavy atom. The quantitative estimate of drug-likeness (QED) is 0.870. The molecular formula is C15H24N2O. The van der Waals surface area contributed by atoms with Crippen LogP contribution >= 0.6 is 0 Å². The molecule has 3 heteroatoms. The summed E-state index contributed by atoms with van der Waals surface area (Å²) in [5.74, 6) is 0.553. The molecule has 2 N–H and O–H groups in total. The van der Waals surface area contributed by atoms with Gasteiger partial charge in [-0.1, -0.05) is 44.2 Å². The van der Waals surface area contributed by atoms with Crippen molar-refractivity contribution < 1.29 is 4.79 Å². The smallest absolute Gasteiger partial charge is 0.244 e. The lowest BCUT2D eigenvalue weighted by molar-refractivity contribution is -0.133. The standard InChI is InChI=1S/C15H24N2O/c1-11(2)10-12(3)17(4)15(18)14(16)13-8-6-5-7-9-13/h5-9,11-12,14H,10,16H2,1-4H3. The van der Waals surface area contributed by atoms with E-state index in [1.807, 2.05) is 37.4 Å². The summed E-state index contributed by atoms with van der Waals surface area (Å²) >= 11 is 0. The summed E-state index contributed by atoms with van der Waals surface area (Å²) in [4.78, 5) is 14.0. The molecule has 0 spiro atoms. The zero-order valence-electron chi connectivity index (χ0n) is 11.8. The number of nitrogens with zero attached hydrogens (tertiary/aromatic N) is 1. The first-order valence-corrected chi connectivity index (χ1v) is 6.50. The highest BCUT2D eigenvalue weighted by Crippen LogP contribution is 2.16. The lowest BCUT2D eigenvalue weighted by atomic mass is 10.0. The highest BCUT2D eigenvalue weighted by molar-refractivity contribution is 5.83. The maximum atomic E-state index is 12.3. The predicted octanol–water partition coefficient (Wildman–Crippen LogP) is 2.58. The zero-order chi connectivity index (χ0) is 13.7. The van der Waals surface area contributed by atoms with Crippen molar-refractivity contribution >= 4 is 5.91 Å². The topological polar surface area (TPSA) is 46.3 Å². The van der Waals surface area contributed by atoms with Crippen molar-refractivity contribution in [1.82, 2.24) is 4.90 Å². The molecule has 0 saturated heterocycles. The van der Waals surface area contributed by atoms with Crippen molar-refractivity contribution in [2.24, 2.45) is 11.7 Å². The van der Waals surface area contributed by atoms with E-state index in [4.69, 9.17) is 5.73 Å². The van der Waals surface area contributed by atoms with Gasteiger partial charge >= 0.3 is 0 Å². The van der Waals surface area contributed by atoms with Crippen LogP contribution in [-0.2, 0) is 4.79 Å². The van der Waals surface area contributed by atoms with Gasteiger partial charge in [-0.05, 0) is 24.8 Å². The average Bonchev–Trinajstić information content (AvgIpc) is 2.36. The first-order valence-electron chi connectivity index (χ1n) is 6.50. The monoisotopic (exact) mass is 248 g/mol. The van der Waals surface area contributed by atoms with Gasteiger partial charge in [0.05, 0.1) is 0 Å². The van der Waals surface area contributed by atoms with Crippen LogP contribution in [0.4, 0.5) is 0 Å². The molecule has 1 rings (SSSR count). The Balaban J connectivity index is 2.69. The van der Waals surface area contributed by atoms with E-state index < -0.39 is 6.04 Å². The second-order valence-electron chi connectivity index (χ2n) is 5.32. The summed E-state index contributed by atoms with van der Waals surface area (Å²) in [6, 6.07) is 9.16. The zero-order valence-corrected chi connectivity index (χ0v) is 11.8. The Morgan fingerprint density at radius 3 is 2.28 bits per heavy atom. The van der Waals surface area contributed by atoms with Crippen LogP contribution < -0.4 is 5.73 Å². The second kappa shape index (κ2) is 6.55. The largest absolute Gasteiger partial charge is 0.341 e. The number of rotatable bonds is 5. The van der Waals surface area contributed by atoms with Crippen LogP contribution in [-0.4, -0.2) is 23.9 Å². The Bertz CT molecular complexity index is 375. The van der Waals surface area contributed by atoms with Crippen molar-refractivity contribution in [3.05, 3.63) is 35.9 Å². The minimum Gasteiger partial charge on any atom is -0.341 e. The predicted molar refractivity (Wildman–Crippen MR) is 75.1 cm³/mol. The van der Waals surface area contributed by atoms with Crippen molar-refractivity contribution in [3.8, 4) is 0 Å². The van der Waals surface area contributed by atoms with Gasteiger partial charge < -0.3 is 10.6 Å². The van der Waals surface area contributed by atoms with Crippen LogP contribution in [0.25, 0.3) is 0 Å². The van der Waals surface area contributed by atoms with Gasteiger partial charge in [-0.2, -0.15) is 0 Å². The molecule has 1 aromatic rings. The number of nitrogens with two attached hydrogens (primary N) is 1. The number of hydrogen-bond donors (Lipinski definition) is 1. The molecule has 0 fully saturated rings. The number of benzene rings is 1. The Hall–Kier alpha value is -1.35. The summed E-state index contributed by atoms with van der Waals surface area (Å²) in [5, 5.41) is 0. The van der Waals surface area contributed by atoms with E-state index in [9.17, 15) is 4.79 Å². The molecule has 0 aliphatic carbocycles. The summed E-state index contributed by atoms with van der Waals surface area (Å²) in [7, 11) is 1.83. The third-order valence-corrected chi connectivity index (χ3v) is 3.25. The van der Waals surface area contributed by atoms with Crippen molar-refractivity contribution in [2.45, 2.75) is 39.3 Å². The number of carbonyl (C=O) groups excluding carboxylic acids is 1. The lowest BCUT2D eigenvalue weighted by Gasteiger charge is -2.28. The maximum Gasteiger partial charge on any atom is 0.244 e. The average molecular weight is 248 g/mol. The van der Waals surface area contributed by atoms with Crippen LogP contribution in [0.2, 0.25) is 0 Å². The molecule has 0 bridgehead atoms. The van der Waals surface area contributed by atoms with Gasteiger partial charge in [0.25, 0.3) is 0 Å². The lowest BCUT2D eigenvalue weighted by Crippen LogP contribution is -2.41. The Morgan fingerprint density at radius 2 is 1.78 bits per heavy atom. The van der Waals surface area contributed by atoms with Gasteiger partial charge in [0.1, 0.15) is 6.04 Å². The molecule has 100 valence electrons. The van der Waals surface area contributed by atoms with E-state index in [0.29, 0.717) is 5.92 Å². The number of amides is 1. The molecule has 2 unspecified atom stereocenters. The van der Waals surface area contributed by atoms with Gasteiger partial charge in [0.15, 0.2) is 0 Å². The number of hydrogen-bond acceptors (Lipinski definition) is 2. The molecule has 0 aromatic heterocycles. The van der Waals surface area contributed by atoms with E-state index in [-0.39, 0.29) is 11.9 Å². The molecule has 0 aliphatic rings. The molecule has 0 radical (unpaired) electrons. The van der Waals surface area contributed by atoms with E-state index in [1.54, 1.807) is 4.90 Å². The van der Waals surface area contributed by atoms with Crippen LogP contribution in [0.5, 0.6) is 0 Å². The van der Waals surface area contributed by atoms with Crippen molar-refractivity contribution in [1.29, 1.82) is 0 Å².